The predicted molar refractivity (Wildman–Crippen MR) is 86.9 cm³/mol. The Balaban J connectivity index is 2.23. The van der Waals surface area contributed by atoms with Gasteiger partial charge in [0, 0.05) is 17.5 Å². The molecule has 0 aliphatic heterocycles. The Morgan fingerprint density at radius 3 is 2.33 bits per heavy atom. The van der Waals surface area contributed by atoms with Crippen LogP contribution in [0.3, 0.4) is 0 Å². The van der Waals surface area contributed by atoms with Crippen LogP contribution < -0.4 is 5.32 Å². The molecule has 0 aliphatic carbocycles. The molecule has 0 fully saturated rings. The van der Waals surface area contributed by atoms with Crippen LogP contribution in [0.15, 0.2) is 34.9 Å². The van der Waals surface area contributed by atoms with Crippen molar-refractivity contribution >= 4 is 21.7 Å². The van der Waals surface area contributed by atoms with Crippen LogP contribution in [0.5, 0.6) is 0 Å². The summed E-state index contributed by atoms with van der Waals surface area (Å²) in [6.45, 7) is 8.23. The highest BCUT2D eigenvalue weighted by atomic mass is 79.9. The number of hydrogen-bond acceptors (Lipinski definition) is 3. The fraction of sp³-hybridized carbons (Fsp3) is 0.375. The van der Waals surface area contributed by atoms with Crippen molar-refractivity contribution in [1.82, 2.24) is 9.97 Å². The molecule has 1 aromatic carbocycles. The van der Waals surface area contributed by atoms with Gasteiger partial charge in [0.15, 0.2) is 0 Å². The standard InChI is InChI=1S/C16H19BrFN3/c1-10(11-5-7-12(18)8-6-11)19-14-9-13(17)20-15(21-14)16(2,3)4/h5-10H,1-4H3,(H,19,20,21). The van der Waals surface area contributed by atoms with Crippen LogP contribution in [0.1, 0.15) is 45.1 Å². The third kappa shape index (κ3) is 4.24. The Morgan fingerprint density at radius 1 is 1.14 bits per heavy atom. The van der Waals surface area contributed by atoms with Crippen molar-refractivity contribution in [2.24, 2.45) is 0 Å². The molecule has 21 heavy (non-hydrogen) atoms. The van der Waals surface area contributed by atoms with Crippen molar-refractivity contribution in [1.29, 1.82) is 0 Å². The van der Waals surface area contributed by atoms with E-state index in [-0.39, 0.29) is 17.3 Å². The average molecular weight is 352 g/mol. The molecule has 0 amide bonds. The van der Waals surface area contributed by atoms with E-state index in [2.05, 4.69) is 52.0 Å². The maximum Gasteiger partial charge on any atom is 0.137 e. The lowest BCUT2D eigenvalue weighted by Crippen LogP contribution is -2.18. The molecule has 5 heteroatoms. The quantitative estimate of drug-likeness (QED) is 0.803. The number of halogens is 2. The number of aromatic nitrogens is 2. The smallest absolute Gasteiger partial charge is 0.137 e. The normalized spacial score (nSPS) is 13.0. The maximum atomic E-state index is 13.0. The Kier molecular flexibility index (Phi) is 4.61. The van der Waals surface area contributed by atoms with E-state index in [9.17, 15) is 4.39 Å². The second-order valence-electron chi connectivity index (χ2n) is 6.07. The van der Waals surface area contributed by atoms with Crippen molar-refractivity contribution < 1.29 is 4.39 Å². The van der Waals surface area contributed by atoms with Gasteiger partial charge in [0.25, 0.3) is 0 Å². The average Bonchev–Trinajstić information content (AvgIpc) is 2.37. The highest BCUT2D eigenvalue weighted by molar-refractivity contribution is 9.10. The number of benzene rings is 1. The van der Waals surface area contributed by atoms with Crippen molar-refractivity contribution in [3.8, 4) is 0 Å². The minimum absolute atomic E-state index is 0.0280. The first kappa shape index (κ1) is 15.9. The summed E-state index contributed by atoms with van der Waals surface area (Å²) in [5, 5.41) is 3.33. The van der Waals surface area contributed by atoms with Gasteiger partial charge in [-0.15, -0.1) is 0 Å². The minimum Gasteiger partial charge on any atom is -0.363 e. The minimum atomic E-state index is -0.231. The van der Waals surface area contributed by atoms with E-state index in [0.717, 1.165) is 21.8 Å². The zero-order valence-electron chi connectivity index (χ0n) is 12.6. The molecule has 1 N–H and O–H groups in total. The Morgan fingerprint density at radius 2 is 1.76 bits per heavy atom. The number of anilines is 1. The predicted octanol–water partition coefficient (Wildman–Crippen LogP) is 4.85. The van der Waals surface area contributed by atoms with Crippen molar-refractivity contribution in [2.75, 3.05) is 5.32 Å². The summed E-state index contributed by atoms with van der Waals surface area (Å²) in [7, 11) is 0. The zero-order valence-corrected chi connectivity index (χ0v) is 14.2. The van der Waals surface area contributed by atoms with Gasteiger partial charge < -0.3 is 5.32 Å². The summed E-state index contributed by atoms with van der Waals surface area (Å²) in [5.74, 6) is 1.29. The molecule has 1 aromatic heterocycles. The van der Waals surface area contributed by atoms with Crippen LogP contribution in [-0.4, -0.2) is 9.97 Å². The van der Waals surface area contributed by atoms with Crippen LogP contribution in [-0.2, 0) is 5.41 Å². The molecule has 0 radical (unpaired) electrons. The second-order valence-corrected chi connectivity index (χ2v) is 6.88. The van der Waals surface area contributed by atoms with Gasteiger partial charge >= 0.3 is 0 Å². The van der Waals surface area contributed by atoms with Gasteiger partial charge in [-0.3, -0.25) is 0 Å². The lowest BCUT2D eigenvalue weighted by Gasteiger charge is -2.20. The van der Waals surface area contributed by atoms with Gasteiger partial charge in [-0.25, -0.2) is 14.4 Å². The fourth-order valence-electron chi connectivity index (χ4n) is 1.88. The molecule has 2 rings (SSSR count). The van der Waals surface area contributed by atoms with Gasteiger partial charge in [0.1, 0.15) is 22.1 Å². The lowest BCUT2D eigenvalue weighted by molar-refractivity contribution is 0.544. The molecule has 1 heterocycles. The number of nitrogens with zero attached hydrogens (tertiary/aromatic N) is 2. The van der Waals surface area contributed by atoms with E-state index in [1.165, 1.54) is 12.1 Å². The molecule has 0 spiro atoms. The largest absolute Gasteiger partial charge is 0.363 e. The maximum absolute atomic E-state index is 13.0. The molecule has 1 atom stereocenters. The second kappa shape index (κ2) is 6.10. The first-order valence-electron chi connectivity index (χ1n) is 6.83. The Hall–Kier alpha value is -1.49. The highest BCUT2D eigenvalue weighted by Crippen LogP contribution is 2.25. The van der Waals surface area contributed by atoms with E-state index in [1.807, 2.05) is 13.0 Å². The first-order chi connectivity index (χ1) is 9.75. The monoisotopic (exact) mass is 351 g/mol. The van der Waals surface area contributed by atoms with Gasteiger partial charge in [-0.1, -0.05) is 32.9 Å². The lowest BCUT2D eigenvalue weighted by atomic mass is 9.96. The van der Waals surface area contributed by atoms with E-state index >= 15 is 0 Å². The summed E-state index contributed by atoms with van der Waals surface area (Å²) in [6.07, 6.45) is 0. The number of rotatable bonds is 3. The molecule has 2 aromatic rings. The first-order valence-corrected chi connectivity index (χ1v) is 7.62. The van der Waals surface area contributed by atoms with Crippen LogP contribution in [0.4, 0.5) is 10.2 Å². The molecule has 1 unspecified atom stereocenters. The van der Waals surface area contributed by atoms with E-state index in [1.54, 1.807) is 12.1 Å². The summed E-state index contributed by atoms with van der Waals surface area (Å²) in [4.78, 5) is 8.97. The number of hydrogen-bond donors (Lipinski definition) is 1. The molecule has 0 saturated heterocycles. The number of nitrogens with one attached hydrogen (secondary N) is 1. The molecular weight excluding hydrogens is 333 g/mol. The Bertz CT molecular complexity index is 620. The summed E-state index contributed by atoms with van der Waals surface area (Å²) in [5.41, 5.74) is 0.878. The van der Waals surface area contributed by atoms with Crippen LogP contribution >= 0.6 is 15.9 Å². The van der Waals surface area contributed by atoms with Crippen molar-refractivity contribution in [3.63, 3.8) is 0 Å². The van der Waals surface area contributed by atoms with E-state index in [4.69, 9.17) is 0 Å². The molecule has 0 aliphatic rings. The third-order valence-electron chi connectivity index (χ3n) is 3.10. The molecular formula is C16H19BrFN3. The Labute approximate surface area is 133 Å². The van der Waals surface area contributed by atoms with Crippen LogP contribution in [0.25, 0.3) is 0 Å². The van der Waals surface area contributed by atoms with Crippen LogP contribution in [0, 0.1) is 5.82 Å². The van der Waals surface area contributed by atoms with Gasteiger partial charge in [-0.05, 0) is 40.5 Å². The molecule has 3 nitrogen and oxygen atoms in total. The summed E-state index contributed by atoms with van der Waals surface area (Å²) in [6, 6.07) is 8.34. The molecule has 0 bridgehead atoms. The van der Waals surface area contributed by atoms with Crippen LogP contribution in [0.2, 0.25) is 0 Å². The topological polar surface area (TPSA) is 37.8 Å². The van der Waals surface area contributed by atoms with Gasteiger partial charge in [-0.2, -0.15) is 0 Å². The fourth-order valence-corrected chi connectivity index (χ4v) is 2.27. The van der Waals surface area contributed by atoms with E-state index < -0.39 is 0 Å². The molecule has 0 saturated carbocycles. The third-order valence-corrected chi connectivity index (χ3v) is 3.51. The summed E-state index contributed by atoms with van der Waals surface area (Å²) >= 11 is 3.42. The highest BCUT2D eigenvalue weighted by Gasteiger charge is 2.19. The van der Waals surface area contributed by atoms with Crippen molar-refractivity contribution in [3.05, 3.63) is 52.1 Å². The zero-order chi connectivity index (χ0) is 15.6. The summed E-state index contributed by atoms with van der Waals surface area (Å²) < 4.78 is 13.7. The molecule has 112 valence electrons. The van der Waals surface area contributed by atoms with Gasteiger partial charge in [0.05, 0.1) is 0 Å². The van der Waals surface area contributed by atoms with Gasteiger partial charge in [0.2, 0.25) is 0 Å². The van der Waals surface area contributed by atoms with E-state index in [0.29, 0.717) is 0 Å². The SMILES string of the molecule is CC(Nc1cc(Br)nc(C(C)(C)C)n1)c1ccc(F)cc1. The van der Waals surface area contributed by atoms with Crippen molar-refractivity contribution in [2.45, 2.75) is 39.2 Å².